The lowest BCUT2D eigenvalue weighted by Gasteiger charge is -2.00. The molecule has 0 fully saturated rings. The van der Waals surface area contributed by atoms with Crippen LogP contribution >= 0.6 is 22.6 Å². The molecule has 1 aromatic rings. The summed E-state index contributed by atoms with van der Waals surface area (Å²) >= 11 is 2.08. The molecule has 0 aromatic heterocycles. The number of carboxylic acid groups (broad SMARTS) is 1. The number of halogens is 1. The first-order valence-corrected chi connectivity index (χ1v) is 4.86. The molecule has 0 atom stereocenters. The molecule has 1 rings (SSSR count). The third-order valence-corrected chi connectivity index (χ3v) is 2.19. The maximum absolute atomic E-state index is 10.3. The number of phenols is 1. The van der Waals surface area contributed by atoms with Crippen LogP contribution in [-0.4, -0.2) is 16.2 Å². The summed E-state index contributed by atoms with van der Waals surface area (Å²) in [5, 5.41) is 17.7. The second-order valence-corrected chi connectivity index (χ2v) is 3.96. The van der Waals surface area contributed by atoms with E-state index < -0.39 is 5.97 Å². The number of aliphatic carboxylic acids is 1. The molecule has 13 heavy (non-hydrogen) atoms. The van der Waals surface area contributed by atoms with Crippen LogP contribution in [0.4, 0.5) is 0 Å². The molecule has 0 unspecified atom stereocenters. The van der Waals surface area contributed by atoms with Gasteiger partial charge in [-0.3, -0.25) is 4.79 Å². The Morgan fingerprint density at radius 3 is 2.62 bits per heavy atom. The minimum absolute atomic E-state index is 0.0968. The Kier molecular flexibility index (Phi) is 3.53. The van der Waals surface area contributed by atoms with Crippen LogP contribution in [0.25, 0.3) is 0 Å². The van der Waals surface area contributed by atoms with Gasteiger partial charge < -0.3 is 10.2 Å². The van der Waals surface area contributed by atoms with E-state index in [1.165, 1.54) is 0 Å². The molecule has 0 aliphatic heterocycles. The van der Waals surface area contributed by atoms with Crippen molar-refractivity contribution in [3.05, 3.63) is 27.3 Å². The van der Waals surface area contributed by atoms with Crippen molar-refractivity contribution < 1.29 is 15.0 Å². The predicted molar refractivity (Wildman–Crippen MR) is 56.8 cm³/mol. The van der Waals surface area contributed by atoms with Crippen LogP contribution in [0.1, 0.15) is 12.0 Å². The van der Waals surface area contributed by atoms with Gasteiger partial charge in [-0.2, -0.15) is 0 Å². The molecule has 0 heterocycles. The fourth-order valence-corrected chi connectivity index (χ4v) is 1.75. The van der Waals surface area contributed by atoms with Gasteiger partial charge >= 0.3 is 5.97 Å². The normalized spacial score (nSPS) is 9.92. The lowest BCUT2D eigenvalue weighted by molar-refractivity contribution is -0.136. The van der Waals surface area contributed by atoms with Gasteiger partial charge in [0.05, 0.1) is 0 Å². The van der Waals surface area contributed by atoms with Crippen molar-refractivity contribution in [1.29, 1.82) is 0 Å². The number of carbonyl (C=O) groups is 1. The summed E-state index contributed by atoms with van der Waals surface area (Å²) in [4.78, 5) is 10.3. The Labute approximate surface area is 89.5 Å². The minimum atomic E-state index is -0.821. The second-order valence-electron chi connectivity index (χ2n) is 2.71. The number of aryl methyl sites for hydroxylation is 1. The van der Waals surface area contributed by atoms with Gasteiger partial charge in [0.2, 0.25) is 0 Å². The fourth-order valence-electron chi connectivity index (χ4n) is 1.03. The highest BCUT2D eigenvalue weighted by Gasteiger charge is 2.01. The van der Waals surface area contributed by atoms with Crippen LogP contribution in [0, 0.1) is 3.57 Å². The third kappa shape index (κ3) is 3.63. The average molecular weight is 292 g/mol. The van der Waals surface area contributed by atoms with Crippen molar-refractivity contribution >= 4 is 28.6 Å². The van der Waals surface area contributed by atoms with Crippen molar-refractivity contribution in [2.45, 2.75) is 12.8 Å². The summed E-state index contributed by atoms with van der Waals surface area (Å²) in [6.07, 6.45) is 0.555. The van der Waals surface area contributed by atoms with Gasteiger partial charge in [0.1, 0.15) is 5.75 Å². The summed E-state index contributed by atoms with van der Waals surface area (Å²) in [5.74, 6) is -0.634. The quantitative estimate of drug-likeness (QED) is 0.838. The number of benzene rings is 1. The first-order chi connectivity index (χ1) is 6.08. The molecule has 1 aromatic carbocycles. The topological polar surface area (TPSA) is 57.5 Å². The summed E-state index contributed by atoms with van der Waals surface area (Å²) in [6, 6.07) is 5.08. The number of phenolic OH excluding ortho intramolecular Hbond substituents is 1. The van der Waals surface area contributed by atoms with E-state index in [0.717, 1.165) is 9.13 Å². The Bertz CT molecular complexity index is 302. The van der Waals surface area contributed by atoms with Gasteiger partial charge in [0, 0.05) is 9.99 Å². The van der Waals surface area contributed by atoms with Gasteiger partial charge in [-0.05, 0) is 52.8 Å². The molecule has 2 N–H and O–H groups in total. The summed E-state index contributed by atoms with van der Waals surface area (Å²) in [6.45, 7) is 0. The zero-order chi connectivity index (χ0) is 9.84. The predicted octanol–water partition coefficient (Wildman–Crippen LogP) is 2.01. The highest BCUT2D eigenvalue weighted by Crippen LogP contribution is 2.18. The SMILES string of the molecule is O=C(O)CCc1cc(O)cc(I)c1. The van der Waals surface area contributed by atoms with Crippen LogP contribution in [0.2, 0.25) is 0 Å². The molecule has 0 saturated carbocycles. The maximum Gasteiger partial charge on any atom is 0.303 e. The first-order valence-electron chi connectivity index (χ1n) is 3.78. The molecule has 0 radical (unpaired) electrons. The van der Waals surface area contributed by atoms with Crippen LogP contribution in [0.5, 0.6) is 5.75 Å². The Morgan fingerprint density at radius 1 is 1.38 bits per heavy atom. The van der Waals surface area contributed by atoms with E-state index in [-0.39, 0.29) is 12.2 Å². The fraction of sp³-hybridized carbons (Fsp3) is 0.222. The van der Waals surface area contributed by atoms with E-state index in [1.807, 2.05) is 6.07 Å². The van der Waals surface area contributed by atoms with E-state index in [0.29, 0.717) is 6.42 Å². The highest BCUT2D eigenvalue weighted by molar-refractivity contribution is 14.1. The van der Waals surface area contributed by atoms with E-state index in [1.54, 1.807) is 12.1 Å². The number of carboxylic acids is 1. The van der Waals surface area contributed by atoms with Gasteiger partial charge in [0.15, 0.2) is 0 Å². The Balaban J connectivity index is 2.71. The molecule has 0 amide bonds. The zero-order valence-electron chi connectivity index (χ0n) is 6.83. The van der Waals surface area contributed by atoms with Crippen LogP contribution in [0.15, 0.2) is 18.2 Å². The van der Waals surface area contributed by atoms with Gasteiger partial charge in [-0.1, -0.05) is 0 Å². The molecule has 0 bridgehead atoms. The van der Waals surface area contributed by atoms with Crippen LogP contribution in [0.3, 0.4) is 0 Å². The number of rotatable bonds is 3. The number of aromatic hydroxyl groups is 1. The lowest BCUT2D eigenvalue weighted by Crippen LogP contribution is -1.97. The molecular formula is C9H9IO3. The lowest BCUT2D eigenvalue weighted by atomic mass is 10.1. The van der Waals surface area contributed by atoms with Crippen molar-refractivity contribution in [2.75, 3.05) is 0 Å². The molecule has 4 heteroatoms. The van der Waals surface area contributed by atoms with Crippen molar-refractivity contribution in [3.8, 4) is 5.75 Å². The Morgan fingerprint density at radius 2 is 2.08 bits per heavy atom. The van der Waals surface area contributed by atoms with Crippen molar-refractivity contribution in [1.82, 2.24) is 0 Å². The zero-order valence-corrected chi connectivity index (χ0v) is 8.98. The largest absolute Gasteiger partial charge is 0.508 e. The average Bonchev–Trinajstić information content (AvgIpc) is 1.99. The smallest absolute Gasteiger partial charge is 0.303 e. The standard InChI is InChI=1S/C9H9IO3/c10-7-3-6(1-2-9(12)13)4-8(11)5-7/h3-5,11H,1-2H2,(H,12,13). The number of hydrogen-bond acceptors (Lipinski definition) is 2. The molecular weight excluding hydrogens is 283 g/mol. The highest BCUT2D eigenvalue weighted by atomic mass is 127. The van der Waals surface area contributed by atoms with Gasteiger partial charge in [-0.15, -0.1) is 0 Å². The minimum Gasteiger partial charge on any atom is -0.508 e. The van der Waals surface area contributed by atoms with E-state index in [9.17, 15) is 9.90 Å². The first kappa shape index (κ1) is 10.3. The van der Waals surface area contributed by atoms with E-state index in [4.69, 9.17) is 5.11 Å². The monoisotopic (exact) mass is 292 g/mol. The summed E-state index contributed by atoms with van der Waals surface area (Å²) < 4.78 is 0.915. The van der Waals surface area contributed by atoms with Crippen LogP contribution in [-0.2, 0) is 11.2 Å². The molecule has 0 spiro atoms. The molecule has 70 valence electrons. The van der Waals surface area contributed by atoms with Crippen molar-refractivity contribution in [2.24, 2.45) is 0 Å². The van der Waals surface area contributed by atoms with Crippen molar-refractivity contribution in [3.63, 3.8) is 0 Å². The maximum atomic E-state index is 10.3. The van der Waals surface area contributed by atoms with Crippen LogP contribution < -0.4 is 0 Å². The van der Waals surface area contributed by atoms with Gasteiger partial charge in [0.25, 0.3) is 0 Å². The second kappa shape index (κ2) is 4.45. The van der Waals surface area contributed by atoms with Gasteiger partial charge in [-0.25, -0.2) is 0 Å². The summed E-state index contributed by atoms with van der Waals surface area (Å²) in [5.41, 5.74) is 0.854. The summed E-state index contributed by atoms with van der Waals surface area (Å²) in [7, 11) is 0. The Hall–Kier alpha value is -0.780. The molecule has 0 aliphatic rings. The molecule has 0 saturated heterocycles. The molecule has 0 aliphatic carbocycles. The molecule has 3 nitrogen and oxygen atoms in total. The number of hydrogen-bond donors (Lipinski definition) is 2. The van der Waals surface area contributed by atoms with E-state index in [2.05, 4.69) is 22.6 Å². The third-order valence-electron chi connectivity index (χ3n) is 1.57. The van der Waals surface area contributed by atoms with E-state index >= 15 is 0 Å².